The molecule has 0 spiro atoms. The number of rotatable bonds is 7. The Morgan fingerprint density at radius 3 is 2.38 bits per heavy atom. The van der Waals surface area contributed by atoms with Gasteiger partial charge in [-0.3, -0.25) is 4.79 Å². The number of carboxylic acid groups (broad SMARTS) is 1. The molecular formula is C16H21F3O2. The van der Waals surface area contributed by atoms with Gasteiger partial charge in [-0.1, -0.05) is 44.9 Å². The lowest BCUT2D eigenvalue weighted by Gasteiger charge is -2.28. The highest BCUT2D eigenvalue weighted by Gasteiger charge is 2.37. The van der Waals surface area contributed by atoms with Crippen LogP contribution in [0.2, 0.25) is 0 Å². The average Bonchev–Trinajstić information content (AvgIpc) is 2.42. The quantitative estimate of drug-likeness (QED) is 0.776. The molecule has 1 unspecified atom stereocenters. The van der Waals surface area contributed by atoms with Gasteiger partial charge in [-0.15, -0.1) is 0 Å². The van der Waals surface area contributed by atoms with E-state index in [1.807, 2.05) is 6.92 Å². The molecule has 0 aliphatic heterocycles. The first-order valence-corrected chi connectivity index (χ1v) is 7.14. The molecule has 1 rings (SSSR count). The van der Waals surface area contributed by atoms with Gasteiger partial charge in [0, 0.05) is 0 Å². The second-order valence-electron chi connectivity index (χ2n) is 5.42. The zero-order valence-electron chi connectivity index (χ0n) is 12.3. The molecule has 0 fully saturated rings. The van der Waals surface area contributed by atoms with Crippen LogP contribution in [0.1, 0.15) is 50.7 Å². The van der Waals surface area contributed by atoms with Crippen LogP contribution >= 0.6 is 0 Å². The van der Waals surface area contributed by atoms with Crippen LogP contribution in [0.4, 0.5) is 13.2 Å². The van der Waals surface area contributed by atoms with Gasteiger partial charge in [0.05, 0.1) is 11.0 Å². The first-order chi connectivity index (χ1) is 9.75. The SMILES string of the molecule is CCCCC(CC)(Cc1cccc(C(F)(F)F)c1)C(=O)O. The highest BCUT2D eigenvalue weighted by atomic mass is 19.4. The summed E-state index contributed by atoms with van der Waals surface area (Å²) in [4.78, 5) is 11.6. The summed E-state index contributed by atoms with van der Waals surface area (Å²) >= 11 is 0. The lowest BCUT2D eigenvalue weighted by molar-refractivity contribution is -0.149. The van der Waals surface area contributed by atoms with Crippen molar-refractivity contribution >= 4 is 5.97 Å². The van der Waals surface area contributed by atoms with Gasteiger partial charge in [0.1, 0.15) is 0 Å². The van der Waals surface area contributed by atoms with Gasteiger partial charge >= 0.3 is 12.1 Å². The maximum absolute atomic E-state index is 12.7. The predicted octanol–water partition coefficient (Wildman–Crippen LogP) is 4.92. The normalized spacial score (nSPS) is 14.7. The number of benzene rings is 1. The molecule has 0 aromatic heterocycles. The number of alkyl halides is 3. The molecule has 118 valence electrons. The summed E-state index contributed by atoms with van der Waals surface area (Å²) < 4.78 is 38.2. The lowest BCUT2D eigenvalue weighted by atomic mass is 9.75. The topological polar surface area (TPSA) is 37.3 Å². The van der Waals surface area contributed by atoms with Crippen molar-refractivity contribution in [3.05, 3.63) is 35.4 Å². The van der Waals surface area contributed by atoms with E-state index in [9.17, 15) is 23.1 Å². The van der Waals surface area contributed by atoms with Crippen LogP contribution in [0.15, 0.2) is 24.3 Å². The second kappa shape index (κ2) is 6.96. The molecule has 1 atom stereocenters. The maximum atomic E-state index is 12.7. The van der Waals surface area contributed by atoms with Gasteiger partial charge in [0.2, 0.25) is 0 Å². The highest BCUT2D eigenvalue weighted by Crippen LogP contribution is 2.35. The van der Waals surface area contributed by atoms with Crippen molar-refractivity contribution in [2.75, 3.05) is 0 Å². The van der Waals surface area contributed by atoms with Gasteiger partial charge < -0.3 is 5.11 Å². The molecule has 1 N–H and O–H groups in total. The van der Waals surface area contributed by atoms with Crippen molar-refractivity contribution in [1.82, 2.24) is 0 Å². The Hall–Kier alpha value is -1.52. The summed E-state index contributed by atoms with van der Waals surface area (Å²) in [7, 11) is 0. The van der Waals surface area contributed by atoms with Gasteiger partial charge in [0.15, 0.2) is 0 Å². The van der Waals surface area contributed by atoms with Gasteiger partial charge in [0.25, 0.3) is 0 Å². The molecule has 0 radical (unpaired) electrons. The van der Waals surface area contributed by atoms with Crippen molar-refractivity contribution in [1.29, 1.82) is 0 Å². The van der Waals surface area contributed by atoms with E-state index in [2.05, 4.69) is 0 Å². The summed E-state index contributed by atoms with van der Waals surface area (Å²) in [5, 5.41) is 9.52. The third-order valence-electron chi connectivity index (χ3n) is 3.94. The molecule has 1 aromatic carbocycles. The van der Waals surface area contributed by atoms with Gasteiger partial charge in [-0.2, -0.15) is 13.2 Å². The Bertz CT molecular complexity index is 483. The monoisotopic (exact) mass is 302 g/mol. The van der Waals surface area contributed by atoms with E-state index in [4.69, 9.17) is 0 Å². The third-order valence-corrected chi connectivity index (χ3v) is 3.94. The van der Waals surface area contributed by atoms with Crippen molar-refractivity contribution in [3.8, 4) is 0 Å². The first-order valence-electron chi connectivity index (χ1n) is 7.14. The smallest absolute Gasteiger partial charge is 0.416 e. The first kappa shape index (κ1) is 17.5. The van der Waals surface area contributed by atoms with Crippen LogP contribution in [0.5, 0.6) is 0 Å². The van der Waals surface area contributed by atoms with E-state index in [-0.39, 0.29) is 6.42 Å². The summed E-state index contributed by atoms with van der Waals surface area (Å²) in [6.45, 7) is 3.74. The van der Waals surface area contributed by atoms with E-state index in [0.29, 0.717) is 18.4 Å². The molecule has 0 bridgehead atoms. The van der Waals surface area contributed by atoms with Crippen LogP contribution in [0.25, 0.3) is 0 Å². The molecule has 1 aromatic rings. The largest absolute Gasteiger partial charge is 0.481 e. The van der Waals surface area contributed by atoms with Crippen molar-refractivity contribution in [2.24, 2.45) is 5.41 Å². The fraction of sp³-hybridized carbons (Fsp3) is 0.562. The number of hydrogen-bond acceptors (Lipinski definition) is 1. The van der Waals surface area contributed by atoms with Crippen LogP contribution in [-0.2, 0) is 17.4 Å². The molecule has 0 aliphatic carbocycles. The van der Waals surface area contributed by atoms with Crippen LogP contribution in [0.3, 0.4) is 0 Å². The van der Waals surface area contributed by atoms with Crippen LogP contribution in [0, 0.1) is 5.41 Å². The zero-order valence-corrected chi connectivity index (χ0v) is 12.3. The third kappa shape index (κ3) is 4.48. The number of hydrogen-bond donors (Lipinski definition) is 1. The Balaban J connectivity index is 3.06. The van der Waals surface area contributed by atoms with E-state index in [1.165, 1.54) is 6.07 Å². The fourth-order valence-corrected chi connectivity index (χ4v) is 2.49. The number of halogens is 3. The Morgan fingerprint density at radius 2 is 1.90 bits per heavy atom. The molecule has 0 saturated carbocycles. The lowest BCUT2D eigenvalue weighted by Crippen LogP contribution is -2.33. The summed E-state index contributed by atoms with van der Waals surface area (Å²) in [5.41, 5.74) is -1.30. The molecule has 21 heavy (non-hydrogen) atoms. The summed E-state index contributed by atoms with van der Waals surface area (Å²) in [6, 6.07) is 4.96. The minimum absolute atomic E-state index is 0.128. The number of aliphatic carboxylic acids is 1. The fourth-order valence-electron chi connectivity index (χ4n) is 2.49. The molecular weight excluding hydrogens is 281 g/mol. The number of carboxylic acids is 1. The Kier molecular flexibility index (Phi) is 5.81. The maximum Gasteiger partial charge on any atom is 0.416 e. The van der Waals surface area contributed by atoms with E-state index in [1.54, 1.807) is 13.0 Å². The summed E-state index contributed by atoms with van der Waals surface area (Å²) in [5.74, 6) is -0.934. The minimum atomic E-state index is -4.41. The standard InChI is InChI=1S/C16H21F3O2/c1-3-5-9-15(4-2,14(20)21)11-12-7-6-8-13(10-12)16(17,18)19/h6-8,10H,3-5,9,11H2,1-2H3,(H,20,21). The number of unbranched alkanes of at least 4 members (excludes halogenated alkanes) is 1. The Morgan fingerprint density at radius 1 is 1.24 bits per heavy atom. The van der Waals surface area contributed by atoms with Crippen molar-refractivity contribution in [3.63, 3.8) is 0 Å². The molecule has 0 aliphatic rings. The van der Waals surface area contributed by atoms with Crippen molar-refractivity contribution in [2.45, 2.75) is 52.1 Å². The van der Waals surface area contributed by atoms with Gasteiger partial charge in [-0.05, 0) is 30.9 Å². The van der Waals surface area contributed by atoms with Gasteiger partial charge in [-0.25, -0.2) is 0 Å². The van der Waals surface area contributed by atoms with Crippen molar-refractivity contribution < 1.29 is 23.1 Å². The molecule has 0 amide bonds. The average molecular weight is 302 g/mol. The van der Waals surface area contributed by atoms with Crippen LogP contribution < -0.4 is 0 Å². The number of carbonyl (C=O) groups is 1. The molecule has 2 nitrogen and oxygen atoms in total. The van der Waals surface area contributed by atoms with E-state index >= 15 is 0 Å². The molecule has 5 heteroatoms. The van der Waals surface area contributed by atoms with Crippen LogP contribution in [-0.4, -0.2) is 11.1 Å². The van der Waals surface area contributed by atoms with E-state index in [0.717, 1.165) is 25.0 Å². The summed E-state index contributed by atoms with van der Waals surface area (Å²) in [6.07, 6.45) is -1.79. The van der Waals surface area contributed by atoms with E-state index < -0.39 is 23.1 Å². The predicted molar refractivity (Wildman–Crippen MR) is 75.0 cm³/mol. The Labute approximate surface area is 123 Å². The zero-order chi connectivity index (χ0) is 16.1. The minimum Gasteiger partial charge on any atom is -0.481 e. The molecule has 0 saturated heterocycles. The second-order valence-corrected chi connectivity index (χ2v) is 5.42. The highest BCUT2D eigenvalue weighted by molar-refractivity contribution is 5.75. The molecule has 0 heterocycles.